The highest BCUT2D eigenvalue weighted by atomic mass is 35.7. The summed E-state index contributed by atoms with van der Waals surface area (Å²) in [5.74, 6) is -0.596. The standard InChI is InChI=1S/C13H7ClF4O2S/c14-21(19,20)12-6-3-9(13(16,17)18)7-11(12)8-1-4-10(15)5-2-8/h1-7H. The average molecular weight is 339 g/mol. The summed E-state index contributed by atoms with van der Waals surface area (Å²) in [6.45, 7) is 0. The maximum Gasteiger partial charge on any atom is 0.416 e. The molecule has 0 heterocycles. The van der Waals surface area contributed by atoms with Crippen molar-refractivity contribution in [2.75, 3.05) is 0 Å². The molecule has 0 radical (unpaired) electrons. The molecule has 0 saturated heterocycles. The lowest BCUT2D eigenvalue weighted by Crippen LogP contribution is -2.06. The normalized spacial score (nSPS) is 12.4. The molecule has 0 spiro atoms. The van der Waals surface area contributed by atoms with Gasteiger partial charge in [-0.25, -0.2) is 12.8 Å². The van der Waals surface area contributed by atoms with Crippen molar-refractivity contribution in [3.8, 4) is 11.1 Å². The van der Waals surface area contributed by atoms with Crippen LogP contribution in [0, 0.1) is 5.82 Å². The SMILES string of the molecule is O=S(=O)(Cl)c1ccc(C(F)(F)F)cc1-c1ccc(F)cc1. The highest BCUT2D eigenvalue weighted by Crippen LogP contribution is 2.36. The number of halogens is 5. The van der Waals surface area contributed by atoms with Crippen molar-refractivity contribution < 1.29 is 26.0 Å². The molecule has 2 nitrogen and oxygen atoms in total. The molecule has 21 heavy (non-hydrogen) atoms. The van der Waals surface area contributed by atoms with E-state index in [9.17, 15) is 26.0 Å². The molecule has 0 aromatic heterocycles. The van der Waals surface area contributed by atoms with Crippen molar-refractivity contribution in [3.05, 3.63) is 53.8 Å². The fourth-order valence-corrected chi connectivity index (χ4v) is 2.85. The van der Waals surface area contributed by atoms with Gasteiger partial charge in [-0.2, -0.15) is 13.2 Å². The summed E-state index contributed by atoms with van der Waals surface area (Å²) < 4.78 is 74.0. The second-order valence-electron chi connectivity index (χ2n) is 4.15. The van der Waals surface area contributed by atoms with E-state index in [1.807, 2.05) is 0 Å². The van der Waals surface area contributed by atoms with E-state index in [4.69, 9.17) is 10.7 Å². The van der Waals surface area contributed by atoms with Crippen LogP contribution in [0.25, 0.3) is 11.1 Å². The lowest BCUT2D eigenvalue weighted by molar-refractivity contribution is -0.137. The molecular weight excluding hydrogens is 332 g/mol. The van der Waals surface area contributed by atoms with Crippen LogP contribution in [0.2, 0.25) is 0 Å². The number of benzene rings is 2. The first kappa shape index (κ1) is 15.8. The zero-order valence-electron chi connectivity index (χ0n) is 10.2. The molecule has 2 aromatic rings. The molecule has 112 valence electrons. The molecule has 0 amide bonds. The summed E-state index contributed by atoms with van der Waals surface area (Å²) in [7, 11) is 0.986. The van der Waals surface area contributed by atoms with Crippen LogP contribution in [0.4, 0.5) is 17.6 Å². The van der Waals surface area contributed by atoms with Gasteiger partial charge in [-0.3, -0.25) is 0 Å². The smallest absolute Gasteiger partial charge is 0.207 e. The van der Waals surface area contributed by atoms with Crippen LogP contribution >= 0.6 is 10.7 Å². The summed E-state index contributed by atoms with van der Waals surface area (Å²) in [5, 5.41) is 0. The molecule has 0 saturated carbocycles. The Morgan fingerprint density at radius 3 is 2.00 bits per heavy atom. The highest BCUT2D eigenvalue weighted by Gasteiger charge is 2.32. The van der Waals surface area contributed by atoms with Gasteiger partial charge in [0.15, 0.2) is 0 Å². The van der Waals surface area contributed by atoms with E-state index in [1.54, 1.807) is 0 Å². The first-order chi connectivity index (χ1) is 9.59. The van der Waals surface area contributed by atoms with E-state index >= 15 is 0 Å². The molecule has 0 N–H and O–H groups in total. The Labute approximate surface area is 122 Å². The van der Waals surface area contributed by atoms with Crippen LogP contribution in [0.1, 0.15) is 5.56 Å². The third-order valence-electron chi connectivity index (χ3n) is 2.72. The summed E-state index contributed by atoms with van der Waals surface area (Å²) >= 11 is 0. The predicted octanol–water partition coefficient (Wildman–Crippen LogP) is 4.44. The van der Waals surface area contributed by atoms with Crippen molar-refractivity contribution in [1.82, 2.24) is 0 Å². The Kier molecular flexibility index (Phi) is 3.99. The lowest BCUT2D eigenvalue weighted by Gasteiger charge is -2.12. The van der Waals surface area contributed by atoms with Crippen LogP contribution in [0.3, 0.4) is 0 Å². The van der Waals surface area contributed by atoms with E-state index < -0.39 is 31.5 Å². The van der Waals surface area contributed by atoms with E-state index in [2.05, 4.69) is 0 Å². The van der Waals surface area contributed by atoms with Gasteiger partial charge in [0.05, 0.1) is 10.5 Å². The van der Waals surface area contributed by atoms with Gasteiger partial charge in [0, 0.05) is 16.2 Å². The van der Waals surface area contributed by atoms with Gasteiger partial charge in [0.2, 0.25) is 0 Å². The lowest BCUT2D eigenvalue weighted by atomic mass is 10.0. The van der Waals surface area contributed by atoms with Gasteiger partial charge in [0.25, 0.3) is 9.05 Å². The van der Waals surface area contributed by atoms with Crippen molar-refractivity contribution in [2.45, 2.75) is 11.1 Å². The van der Waals surface area contributed by atoms with Gasteiger partial charge in [-0.1, -0.05) is 12.1 Å². The first-order valence-corrected chi connectivity index (χ1v) is 7.82. The van der Waals surface area contributed by atoms with Crippen LogP contribution < -0.4 is 0 Å². The van der Waals surface area contributed by atoms with Gasteiger partial charge in [0.1, 0.15) is 5.82 Å². The maximum atomic E-state index is 12.9. The second kappa shape index (κ2) is 5.31. The molecule has 0 bridgehead atoms. The van der Waals surface area contributed by atoms with Gasteiger partial charge in [-0.05, 0) is 35.9 Å². The van der Waals surface area contributed by atoms with Gasteiger partial charge >= 0.3 is 6.18 Å². The topological polar surface area (TPSA) is 34.1 Å². The van der Waals surface area contributed by atoms with Crippen molar-refractivity contribution in [1.29, 1.82) is 0 Å². The molecule has 0 aliphatic heterocycles. The van der Waals surface area contributed by atoms with Crippen LogP contribution in [0.5, 0.6) is 0 Å². The minimum atomic E-state index is -4.64. The molecule has 2 aromatic carbocycles. The Morgan fingerprint density at radius 1 is 0.952 bits per heavy atom. The van der Waals surface area contributed by atoms with E-state index in [1.165, 1.54) is 12.1 Å². The van der Waals surface area contributed by atoms with Gasteiger partial charge in [-0.15, -0.1) is 0 Å². The molecule has 8 heteroatoms. The molecule has 0 fully saturated rings. The minimum Gasteiger partial charge on any atom is -0.207 e. The Morgan fingerprint density at radius 2 is 1.52 bits per heavy atom. The summed E-state index contributed by atoms with van der Waals surface area (Å²) in [6.07, 6.45) is -4.64. The number of alkyl halides is 3. The zero-order chi connectivity index (χ0) is 15.8. The fraction of sp³-hybridized carbons (Fsp3) is 0.0769. The number of hydrogen-bond acceptors (Lipinski definition) is 2. The Balaban J connectivity index is 2.73. The Bertz CT molecular complexity index is 768. The maximum absolute atomic E-state index is 12.9. The molecule has 2 rings (SSSR count). The van der Waals surface area contributed by atoms with E-state index in [0.29, 0.717) is 12.1 Å². The summed E-state index contributed by atoms with van der Waals surface area (Å²) in [4.78, 5) is -0.469. The van der Waals surface area contributed by atoms with Crippen molar-refractivity contribution in [2.24, 2.45) is 0 Å². The molecule has 0 aliphatic rings. The van der Waals surface area contributed by atoms with Crippen molar-refractivity contribution >= 4 is 19.7 Å². The fourth-order valence-electron chi connectivity index (χ4n) is 1.77. The number of hydrogen-bond donors (Lipinski definition) is 0. The quantitative estimate of drug-likeness (QED) is 0.599. The van der Waals surface area contributed by atoms with E-state index in [-0.39, 0.29) is 11.1 Å². The first-order valence-electron chi connectivity index (χ1n) is 5.51. The van der Waals surface area contributed by atoms with Gasteiger partial charge < -0.3 is 0 Å². The van der Waals surface area contributed by atoms with Crippen LogP contribution in [0.15, 0.2) is 47.4 Å². The Hall–Kier alpha value is -1.60. The van der Waals surface area contributed by atoms with Crippen LogP contribution in [-0.4, -0.2) is 8.42 Å². The molecule has 0 atom stereocenters. The predicted molar refractivity (Wildman–Crippen MR) is 69.9 cm³/mol. The third kappa shape index (κ3) is 3.54. The molecule has 0 aliphatic carbocycles. The second-order valence-corrected chi connectivity index (χ2v) is 6.69. The van der Waals surface area contributed by atoms with Crippen LogP contribution in [-0.2, 0) is 15.2 Å². The molecular formula is C13H7ClF4O2S. The molecule has 0 unspecified atom stereocenters. The zero-order valence-corrected chi connectivity index (χ0v) is 11.7. The largest absolute Gasteiger partial charge is 0.416 e. The van der Waals surface area contributed by atoms with E-state index in [0.717, 1.165) is 18.2 Å². The number of rotatable bonds is 2. The summed E-state index contributed by atoms with van der Waals surface area (Å²) in [5.41, 5.74) is -1.15. The summed E-state index contributed by atoms with van der Waals surface area (Å²) in [6, 6.07) is 6.46. The van der Waals surface area contributed by atoms with Crippen molar-refractivity contribution in [3.63, 3.8) is 0 Å². The average Bonchev–Trinajstić information content (AvgIpc) is 2.37. The monoisotopic (exact) mass is 338 g/mol. The highest BCUT2D eigenvalue weighted by molar-refractivity contribution is 8.13. The minimum absolute atomic E-state index is 0.113. The third-order valence-corrected chi connectivity index (χ3v) is 4.10.